The van der Waals surface area contributed by atoms with Crippen molar-refractivity contribution in [1.82, 2.24) is 20.5 Å². The third kappa shape index (κ3) is 7.74. The summed E-state index contributed by atoms with van der Waals surface area (Å²) in [6, 6.07) is 5.43. The summed E-state index contributed by atoms with van der Waals surface area (Å²) in [5, 5.41) is 10.8. The van der Waals surface area contributed by atoms with Crippen LogP contribution in [0.3, 0.4) is 0 Å². The lowest BCUT2D eigenvalue weighted by Crippen LogP contribution is -2.62. The fourth-order valence-corrected chi connectivity index (χ4v) is 6.69. The number of nitrogens with zero attached hydrogens (tertiary/aromatic N) is 2. The highest BCUT2D eigenvalue weighted by Crippen LogP contribution is 2.39. The lowest BCUT2D eigenvalue weighted by molar-refractivity contribution is -0.171. The van der Waals surface area contributed by atoms with Gasteiger partial charge in [0.1, 0.15) is 23.4 Å². The topological polar surface area (TPSA) is 148 Å². The van der Waals surface area contributed by atoms with Crippen LogP contribution in [0.5, 0.6) is 0 Å². The van der Waals surface area contributed by atoms with Crippen LogP contribution in [0.2, 0.25) is 0 Å². The standard InChI is InChI=1S/C34H41N5O7S/c1-33(2,3)46-32(43)37-27(22-7-5-4-6-8-22)30(42)39-26(19-45-34(39)15-17-44-18-16-34)29(41)38-31-36-25(20-47-31)21-9-11-23(12-10-21)28(40)35-24-13-14-24/h4-5,7,9-12,20,24,26-27H,6,8,13-19H2,1-3H3,(H,35,40)(H,37,43)(H,36,38,41)/t26-,27+/m0/s1. The van der Waals surface area contributed by atoms with Crippen molar-refractivity contribution in [2.24, 2.45) is 0 Å². The van der Waals surface area contributed by atoms with Gasteiger partial charge in [-0.2, -0.15) is 0 Å². The highest BCUT2D eigenvalue weighted by molar-refractivity contribution is 7.14. The number of hydrogen-bond acceptors (Lipinski definition) is 9. The summed E-state index contributed by atoms with van der Waals surface area (Å²) in [5.74, 6) is -0.976. The quantitative estimate of drug-likeness (QED) is 0.373. The van der Waals surface area contributed by atoms with Crippen molar-refractivity contribution in [3.8, 4) is 11.3 Å². The van der Waals surface area contributed by atoms with Crippen LogP contribution >= 0.6 is 11.3 Å². The van der Waals surface area contributed by atoms with E-state index in [4.69, 9.17) is 14.2 Å². The Morgan fingerprint density at radius 1 is 1.11 bits per heavy atom. The van der Waals surface area contributed by atoms with Gasteiger partial charge >= 0.3 is 6.09 Å². The number of aromatic nitrogens is 1. The highest BCUT2D eigenvalue weighted by atomic mass is 32.1. The number of anilines is 1. The fraction of sp³-hybridized carbons (Fsp3) is 0.500. The van der Waals surface area contributed by atoms with Gasteiger partial charge in [0, 0.05) is 35.4 Å². The number of ether oxygens (including phenoxy) is 3. The molecular weight excluding hydrogens is 622 g/mol. The van der Waals surface area contributed by atoms with E-state index in [1.54, 1.807) is 32.9 Å². The molecule has 2 aliphatic heterocycles. The normalized spacial score (nSPS) is 21.1. The molecule has 12 nitrogen and oxygen atoms in total. The van der Waals surface area contributed by atoms with Crippen LogP contribution < -0.4 is 16.0 Å². The second kappa shape index (κ2) is 13.6. The molecule has 0 unspecified atom stereocenters. The molecule has 4 amide bonds. The van der Waals surface area contributed by atoms with E-state index in [1.165, 1.54) is 16.2 Å². The maximum atomic E-state index is 14.6. The van der Waals surface area contributed by atoms with E-state index in [0.717, 1.165) is 24.0 Å². The molecule has 3 heterocycles. The van der Waals surface area contributed by atoms with E-state index in [-0.39, 0.29) is 18.6 Å². The van der Waals surface area contributed by atoms with Crippen molar-refractivity contribution in [3.63, 3.8) is 0 Å². The van der Waals surface area contributed by atoms with Gasteiger partial charge in [-0.15, -0.1) is 11.3 Å². The first-order valence-electron chi connectivity index (χ1n) is 16.1. The highest BCUT2D eigenvalue weighted by Gasteiger charge is 2.55. The van der Waals surface area contributed by atoms with Gasteiger partial charge in [-0.25, -0.2) is 9.78 Å². The molecule has 250 valence electrons. The Bertz CT molecular complexity index is 1570. The summed E-state index contributed by atoms with van der Waals surface area (Å²) in [6.45, 7) is 5.98. The molecule has 1 spiro atoms. The molecule has 0 radical (unpaired) electrons. The lowest BCUT2D eigenvalue weighted by Gasteiger charge is -2.43. The van der Waals surface area contributed by atoms with Gasteiger partial charge in [0.15, 0.2) is 5.13 Å². The van der Waals surface area contributed by atoms with E-state index < -0.39 is 41.3 Å². The van der Waals surface area contributed by atoms with E-state index in [2.05, 4.69) is 20.9 Å². The summed E-state index contributed by atoms with van der Waals surface area (Å²) in [5.41, 5.74) is 0.929. The minimum Gasteiger partial charge on any atom is -0.444 e. The van der Waals surface area contributed by atoms with Crippen LogP contribution in [0, 0.1) is 0 Å². The minimum atomic E-state index is -1.06. The average Bonchev–Trinajstić information content (AvgIpc) is 3.62. The Hall–Kier alpha value is -4.07. The molecule has 1 aromatic heterocycles. The lowest BCUT2D eigenvalue weighted by atomic mass is 9.94. The summed E-state index contributed by atoms with van der Waals surface area (Å²) in [4.78, 5) is 59.9. The van der Waals surface area contributed by atoms with E-state index in [0.29, 0.717) is 55.3 Å². The first-order chi connectivity index (χ1) is 22.5. The number of amides is 4. The van der Waals surface area contributed by atoms with Gasteiger partial charge in [-0.05, 0) is 64.2 Å². The van der Waals surface area contributed by atoms with E-state index >= 15 is 0 Å². The van der Waals surface area contributed by atoms with Crippen molar-refractivity contribution >= 4 is 40.3 Å². The molecule has 2 saturated heterocycles. The molecule has 3 N–H and O–H groups in total. The predicted molar refractivity (Wildman–Crippen MR) is 176 cm³/mol. The van der Waals surface area contributed by atoms with Gasteiger partial charge in [-0.1, -0.05) is 30.4 Å². The smallest absolute Gasteiger partial charge is 0.408 e. The number of allylic oxidation sites excluding steroid dienone is 3. The van der Waals surface area contributed by atoms with Crippen LogP contribution in [0.25, 0.3) is 11.3 Å². The number of nitrogens with one attached hydrogen (secondary N) is 3. The first kappa shape index (κ1) is 32.9. The summed E-state index contributed by atoms with van der Waals surface area (Å²) in [6.07, 6.45) is 9.06. The molecule has 4 aliphatic rings. The van der Waals surface area contributed by atoms with Crippen molar-refractivity contribution in [2.45, 2.75) is 88.7 Å². The molecule has 2 aliphatic carbocycles. The Morgan fingerprint density at radius 3 is 2.51 bits per heavy atom. The Balaban J connectivity index is 1.21. The Labute approximate surface area is 277 Å². The molecule has 6 rings (SSSR count). The predicted octanol–water partition coefficient (Wildman–Crippen LogP) is 4.54. The van der Waals surface area contributed by atoms with Gasteiger partial charge in [0.05, 0.1) is 25.5 Å². The average molecular weight is 664 g/mol. The van der Waals surface area contributed by atoms with E-state index in [9.17, 15) is 19.2 Å². The molecule has 1 saturated carbocycles. The number of hydrogen-bond donors (Lipinski definition) is 3. The Morgan fingerprint density at radius 2 is 1.85 bits per heavy atom. The van der Waals surface area contributed by atoms with Crippen LogP contribution in [-0.4, -0.2) is 83.0 Å². The fourth-order valence-electron chi connectivity index (χ4n) is 5.97. The van der Waals surface area contributed by atoms with Crippen molar-refractivity contribution in [1.29, 1.82) is 0 Å². The zero-order valence-corrected chi connectivity index (χ0v) is 27.7. The summed E-state index contributed by atoms with van der Waals surface area (Å²) in [7, 11) is 0. The maximum Gasteiger partial charge on any atom is 0.408 e. The minimum absolute atomic E-state index is 0.0156. The number of rotatable bonds is 8. The van der Waals surface area contributed by atoms with Crippen molar-refractivity contribution < 1.29 is 33.4 Å². The molecule has 2 atom stereocenters. The second-order valence-electron chi connectivity index (χ2n) is 13.2. The molecule has 13 heteroatoms. The second-order valence-corrected chi connectivity index (χ2v) is 14.1. The number of thiazole rings is 1. The van der Waals surface area contributed by atoms with Crippen molar-refractivity contribution in [2.75, 3.05) is 25.1 Å². The van der Waals surface area contributed by atoms with Gasteiger partial charge < -0.3 is 30.2 Å². The number of carbonyl (C=O) groups is 4. The van der Waals surface area contributed by atoms with Crippen LogP contribution in [0.4, 0.5) is 9.93 Å². The molecule has 0 bridgehead atoms. The molecule has 1 aromatic carbocycles. The molecule has 2 aromatic rings. The number of alkyl carbamates (subject to hydrolysis) is 1. The zero-order chi connectivity index (χ0) is 33.2. The molecule has 3 fully saturated rings. The SMILES string of the molecule is CC(C)(C)OC(=O)N[C@@H](C(=O)N1[C@H](C(=O)Nc2nc(-c3ccc(C(=O)NC4CC4)cc3)cs2)COC12CCOCC2)C1=CC=CCC1. The third-order valence-corrected chi connectivity index (χ3v) is 9.25. The van der Waals surface area contributed by atoms with Crippen LogP contribution in [0.15, 0.2) is 53.4 Å². The van der Waals surface area contributed by atoms with Crippen LogP contribution in [0.1, 0.15) is 69.7 Å². The van der Waals surface area contributed by atoms with Gasteiger partial charge in [0.2, 0.25) is 0 Å². The summed E-state index contributed by atoms with van der Waals surface area (Å²) >= 11 is 1.26. The number of benzene rings is 1. The number of carbonyl (C=O) groups excluding carboxylic acids is 4. The monoisotopic (exact) mass is 663 g/mol. The molecule has 47 heavy (non-hydrogen) atoms. The molecular formula is C34H41N5O7S. The maximum absolute atomic E-state index is 14.6. The summed E-state index contributed by atoms with van der Waals surface area (Å²) < 4.78 is 17.4. The van der Waals surface area contributed by atoms with Crippen molar-refractivity contribution in [3.05, 3.63) is 59.0 Å². The Kier molecular flexibility index (Phi) is 9.49. The van der Waals surface area contributed by atoms with Gasteiger partial charge in [0.25, 0.3) is 17.7 Å². The first-order valence-corrected chi connectivity index (χ1v) is 17.0. The largest absolute Gasteiger partial charge is 0.444 e. The zero-order valence-electron chi connectivity index (χ0n) is 26.9. The van der Waals surface area contributed by atoms with Gasteiger partial charge in [-0.3, -0.25) is 19.3 Å². The van der Waals surface area contributed by atoms with Crippen LogP contribution in [-0.2, 0) is 23.8 Å². The third-order valence-electron chi connectivity index (χ3n) is 8.49. The van der Waals surface area contributed by atoms with E-state index in [1.807, 2.05) is 35.7 Å².